The Kier molecular flexibility index (Phi) is 8.57. The van der Waals surface area contributed by atoms with Gasteiger partial charge < -0.3 is 14.5 Å². The zero-order valence-corrected chi connectivity index (χ0v) is 20.1. The SMILES string of the molecule is CCCOC(=O)CSc1ccc(C(=O)N2CCN(c3cccc(Cl)c3)[C@H](C)C2)cc1[N+](=O)[O-]. The van der Waals surface area contributed by atoms with Gasteiger partial charge in [-0.15, -0.1) is 11.8 Å². The molecule has 0 aliphatic carbocycles. The summed E-state index contributed by atoms with van der Waals surface area (Å²) >= 11 is 7.14. The molecule has 1 saturated heterocycles. The van der Waals surface area contributed by atoms with Gasteiger partial charge in [0.25, 0.3) is 11.6 Å². The van der Waals surface area contributed by atoms with E-state index in [-0.39, 0.29) is 29.0 Å². The van der Waals surface area contributed by atoms with Crippen LogP contribution in [0.4, 0.5) is 11.4 Å². The van der Waals surface area contributed by atoms with E-state index in [4.69, 9.17) is 16.3 Å². The fraction of sp³-hybridized carbons (Fsp3) is 0.391. The minimum atomic E-state index is -0.532. The van der Waals surface area contributed by atoms with Crippen molar-refractivity contribution in [3.63, 3.8) is 0 Å². The molecular formula is C23H26ClN3O5S. The maximum absolute atomic E-state index is 13.1. The van der Waals surface area contributed by atoms with E-state index in [1.807, 2.05) is 38.1 Å². The fourth-order valence-corrected chi connectivity index (χ4v) is 4.66. The summed E-state index contributed by atoms with van der Waals surface area (Å²) in [6, 6.07) is 12.0. The van der Waals surface area contributed by atoms with Crippen LogP contribution in [0.3, 0.4) is 0 Å². The standard InChI is InChI=1S/C23H26ClN3O5S/c1-3-11-32-22(28)15-33-21-8-7-17(12-20(21)27(30)31)23(29)25-9-10-26(16(2)14-25)19-6-4-5-18(24)13-19/h4-8,12-13,16H,3,9-11,14-15H2,1-2H3/t16-/m1/s1. The Morgan fingerprint density at radius 2 is 2.03 bits per heavy atom. The molecule has 1 atom stereocenters. The normalized spacial score (nSPS) is 15.9. The van der Waals surface area contributed by atoms with Crippen LogP contribution in [0.1, 0.15) is 30.6 Å². The summed E-state index contributed by atoms with van der Waals surface area (Å²) in [6.45, 7) is 5.84. The maximum Gasteiger partial charge on any atom is 0.316 e. The number of ether oxygens (including phenoxy) is 1. The van der Waals surface area contributed by atoms with E-state index >= 15 is 0 Å². The molecule has 0 radical (unpaired) electrons. The molecule has 1 aliphatic heterocycles. The third-order valence-electron chi connectivity index (χ3n) is 5.27. The highest BCUT2D eigenvalue weighted by molar-refractivity contribution is 8.00. The third kappa shape index (κ3) is 6.39. The number of hydrogen-bond donors (Lipinski definition) is 0. The molecule has 10 heteroatoms. The quantitative estimate of drug-likeness (QED) is 0.230. The molecular weight excluding hydrogens is 466 g/mol. The van der Waals surface area contributed by atoms with E-state index in [1.54, 1.807) is 11.0 Å². The predicted octanol–water partition coefficient (Wildman–Crippen LogP) is 4.64. The summed E-state index contributed by atoms with van der Waals surface area (Å²) in [6.07, 6.45) is 0.708. The van der Waals surface area contributed by atoms with E-state index in [0.29, 0.717) is 42.6 Å². The largest absolute Gasteiger partial charge is 0.465 e. The smallest absolute Gasteiger partial charge is 0.316 e. The van der Waals surface area contributed by atoms with Gasteiger partial charge in [0, 0.05) is 48.0 Å². The zero-order valence-electron chi connectivity index (χ0n) is 18.5. The third-order valence-corrected chi connectivity index (χ3v) is 6.54. The van der Waals surface area contributed by atoms with Crippen LogP contribution in [-0.4, -0.2) is 59.7 Å². The average molecular weight is 492 g/mol. The first-order valence-corrected chi connectivity index (χ1v) is 12.0. The first-order valence-electron chi connectivity index (χ1n) is 10.7. The molecule has 8 nitrogen and oxygen atoms in total. The molecule has 1 aliphatic rings. The van der Waals surface area contributed by atoms with Gasteiger partial charge >= 0.3 is 5.97 Å². The van der Waals surface area contributed by atoms with Crippen molar-refractivity contribution in [1.29, 1.82) is 0 Å². The molecule has 2 aromatic rings. The number of carbonyl (C=O) groups is 2. The number of amides is 1. The van der Waals surface area contributed by atoms with Crippen LogP contribution in [0.15, 0.2) is 47.4 Å². The van der Waals surface area contributed by atoms with Crippen molar-refractivity contribution in [2.45, 2.75) is 31.2 Å². The number of halogens is 1. The Bertz CT molecular complexity index is 1030. The summed E-state index contributed by atoms with van der Waals surface area (Å²) in [5.41, 5.74) is 1.05. The van der Waals surface area contributed by atoms with Gasteiger partial charge in [-0.3, -0.25) is 19.7 Å². The molecule has 2 aromatic carbocycles. The van der Waals surface area contributed by atoms with Crippen LogP contribution < -0.4 is 4.90 Å². The predicted molar refractivity (Wildman–Crippen MR) is 129 cm³/mol. The molecule has 33 heavy (non-hydrogen) atoms. The first-order chi connectivity index (χ1) is 15.8. The molecule has 1 amide bonds. The highest BCUT2D eigenvalue weighted by Crippen LogP contribution is 2.31. The van der Waals surface area contributed by atoms with Crippen molar-refractivity contribution in [1.82, 2.24) is 4.90 Å². The van der Waals surface area contributed by atoms with Gasteiger partial charge in [0.2, 0.25) is 0 Å². The number of nitro groups is 1. The number of nitro benzene ring substituents is 1. The molecule has 0 spiro atoms. The minimum Gasteiger partial charge on any atom is -0.465 e. The number of rotatable bonds is 8. The zero-order chi connectivity index (χ0) is 24.0. The van der Waals surface area contributed by atoms with Crippen molar-refractivity contribution in [2.24, 2.45) is 0 Å². The summed E-state index contributed by atoms with van der Waals surface area (Å²) in [4.78, 5) is 40.1. The van der Waals surface area contributed by atoms with E-state index < -0.39 is 10.9 Å². The Morgan fingerprint density at radius 3 is 2.70 bits per heavy atom. The Labute approximate surface area is 202 Å². The van der Waals surface area contributed by atoms with Gasteiger partial charge in [-0.05, 0) is 43.7 Å². The highest BCUT2D eigenvalue weighted by Gasteiger charge is 2.29. The van der Waals surface area contributed by atoms with E-state index in [0.717, 1.165) is 17.4 Å². The van der Waals surface area contributed by atoms with Crippen molar-refractivity contribution >= 4 is 46.6 Å². The van der Waals surface area contributed by atoms with E-state index in [2.05, 4.69) is 4.90 Å². The van der Waals surface area contributed by atoms with Gasteiger partial charge in [0.15, 0.2) is 0 Å². The number of anilines is 1. The number of benzene rings is 2. The van der Waals surface area contributed by atoms with Gasteiger partial charge in [-0.2, -0.15) is 0 Å². The van der Waals surface area contributed by atoms with Crippen LogP contribution in [0.2, 0.25) is 5.02 Å². The van der Waals surface area contributed by atoms with E-state index in [1.165, 1.54) is 12.1 Å². The molecule has 1 heterocycles. The molecule has 0 unspecified atom stereocenters. The molecule has 1 fully saturated rings. The lowest BCUT2D eigenvalue weighted by atomic mass is 10.1. The first kappa shape index (κ1) is 24.9. The lowest BCUT2D eigenvalue weighted by molar-refractivity contribution is -0.387. The van der Waals surface area contributed by atoms with Gasteiger partial charge in [-0.25, -0.2) is 0 Å². The second kappa shape index (κ2) is 11.4. The molecule has 0 bridgehead atoms. The van der Waals surface area contributed by atoms with Crippen molar-refractivity contribution in [3.05, 3.63) is 63.2 Å². The highest BCUT2D eigenvalue weighted by atomic mass is 35.5. The van der Waals surface area contributed by atoms with Crippen molar-refractivity contribution in [3.8, 4) is 0 Å². The lowest BCUT2D eigenvalue weighted by Gasteiger charge is -2.41. The summed E-state index contributed by atoms with van der Waals surface area (Å²) in [5.74, 6) is -0.714. The Hall–Kier alpha value is -2.78. The van der Waals surface area contributed by atoms with Crippen LogP contribution in [0.25, 0.3) is 0 Å². The molecule has 0 saturated carbocycles. The van der Waals surface area contributed by atoms with Gasteiger partial charge in [0.1, 0.15) is 0 Å². The molecule has 3 rings (SSSR count). The summed E-state index contributed by atoms with van der Waals surface area (Å²) in [7, 11) is 0. The number of esters is 1. The molecule has 176 valence electrons. The monoisotopic (exact) mass is 491 g/mol. The number of nitrogens with zero attached hydrogens (tertiary/aromatic N) is 3. The summed E-state index contributed by atoms with van der Waals surface area (Å²) in [5, 5.41) is 12.3. The van der Waals surface area contributed by atoms with Gasteiger partial charge in [-0.1, -0.05) is 24.6 Å². The van der Waals surface area contributed by atoms with E-state index in [9.17, 15) is 19.7 Å². The van der Waals surface area contributed by atoms with Crippen molar-refractivity contribution in [2.75, 3.05) is 36.9 Å². The topological polar surface area (TPSA) is 93.0 Å². The van der Waals surface area contributed by atoms with Gasteiger partial charge in [0.05, 0.1) is 22.2 Å². The number of hydrogen-bond acceptors (Lipinski definition) is 7. The minimum absolute atomic E-state index is 0.0306. The number of carbonyl (C=O) groups excluding carboxylic acids is 2. The van der Waals surface area contributed by atoms with Crippen molar-refractivity contribution < 1.29 is 19.2 Å². The average Bonchev–Trinajstić information content (AvgIpc) is 2.80. The van der Waals surface area contributed by atoms with Crippen LogP contribution in [-0.2, 0) is 9.53 Å². The lowest BCUT2D eigenvalue weighted by Crippen LogP contribution is -2.53. The number of thioether (sulfide) groups is 1. The van der Waals surface area contributed by atoms with Crippen LogP contribution in [0, 0.1) is 10.1 Å². The Morgan fingerprint density at radius 1 is 1.24 bits per heavy atom. The maximum atomic E-state index is 13.1. The Balaban J connectivity index is 1.69. The second-order valence-electron chi connectivity index (χ2n) is 7.72. The second-order valence-corrected chi connectivity index (χ2v) is 9.18. The number of piperazine rings is 1. The fourth-order valence-electron chi connectivity index (χ4n) is 3.67. The van der Waals surface area contributed by atoms with Crippen LogP contribution in [0.5, 0.6) is 0 Å². The molecule has 0 N–H and O–H groups in total. The summed E-state index contributed by atoms with van der Waals surface area (Å²) < 4.78 is 5.01. The molecule has 0 aromatic heterocycles. The van der Waals surface area contributed by atoms with Crippen LogP contribution >= 0.6 is 23.4 Å².